The number of ether oxygens (including phenoxy) is 1. The molecule has 1 fully saturated rings. The van der Waals surface area contributed by atoms with Crippen LogP contribution in [0.2, 0.25) is 0 Å². The molecule has 0 atom stereocenters. The summed E-state index contributed by atoms with van der Waals surface area (Å²) in [5.74, 6) is 1.88. The number of thioether (sulfide) groups is 1. The number of likely N-dealkylation sites (tertiary alicyclic amines) is 1. The Bertz CT molecular complexity index is 545. The van der Waals surface area contributed by atoms with Crippen molar-refractivity contribution in [1.29, 1.82) is 0 Å². The van der Waals surface area contributed by atoms with Gasteiger partial charge in [-0.3, -0.25) is 4.99 Å². The van der Waals surface area contributed by atoms with E-state index in [0.717, 1.165) is 61.5 Å². The maximum atomic E-state index is 11.8. The van der Waals surface area contributed by atoms with E-state index in [1.54, 1.807) is 28.0 Å². The number of rotatable bonds is 8. The van der Waals surface area contributed by atoms with Gasteiger partial charge in [0.1, 0.15) is 4.34 Å². The lowest BCUT2D eigenvalue weighted by molar-refractivity contribution is 0.0963. The van der Waals surface area contributed by atoms with Gasteiger partial charge in [0.25, 0.3) is 0 Å². The summed E-state index contributed by atoms with van der Waals surface area (Å²) < 4.78 is 6.18. The molecule has 0 bridgehead atoms. The van der Waals surface area contributed by atoms with Crippen molar-refractivity contribution in [1.82, 2.24) is 20.5 Å². The molecule has 26 heavy (non-hydrogen) atoms. The van der Waals surface area contributed by atoms with E-state index in [9.17, 15) is 4.79 Å². The third-order valence-electron chi connectivity index (χ3n) is 3.91. The quantitative estimate of drug-likeness (QED) is 0.303. The summed E-state index contributed by atoms with van der Waals surface area (Å²) in [6, 6.07) is 0.336. The molecule has 0 unspecified atom stereocenters. The molecule has 0 aromatic carbocycles. The molecule has 1 aromatic rings. The summed E-state index contributed by atoms with van der Waals surface area (Å²) in [6.07, 6.45) is 4.46. The Morgan fingerprint density at radius 3 is 2.92 bits per heavy atom. The minimum absolute atomic E-state index is 0.204. The molecule has 9 heteroatoms. The lowest BCUT2D eigenvalue weighted by Gasteiger charge is -2.32. The van der Waals surface area contributed by atoms with E-state index >= 15 is 0 Å². The van der Waals surface area contributed by atoms with Gasteiger partial charge in [0.2, 0.25) is 0 Å². The first-order chi connectivity index (χ1) is 12.7. The van der Waals surface area contributed by atoms with Crippen LogP contribution in [0, 0.1) is 0 Å². The van der Waals surface area contributed by atoms with E-state index in [-0.39, 0.29) is 6.09 Å². The molecule has 146 valence electrons. The number of hydrogen-bond acceptors (Lipinski definition) is 6. The molecular weight excluding hydrogens is 370 g/mol. The minimum Gasteiger partial charge on any atom is -0.450 e. The van der Waals surface area contributed by atoms with E-state index < -0.39 is 0 Å². The molecule has 0 aliphatic carbocycles. The number of guanidine groups is 1. The molecule has 1 aliphatic heterocycles. The van der Waals surface area contributed by atoms with E-state index in [1.807, 2.05) is 18.5 Å². The van der Waals surface area contributed by atoms with Crippen molar-refractivity contribution >= 4 is 35.2 Å². The monoisotopic (exact) mass is 399 g/mol. The number of aromatic nitrogens is 1. The van der Waals surface area contributed by atoms with Gasteiger partial charge in [0.05, 0.1) is 6.61 Å². The third-order valence-corrected chi connectivity index (χ3v) is 5.97. The Labute approximate surface area is 164 Å². The number of aliphatic imine (C=N–C) groups is 1. The van der Waals surface area contributed by atoms with Crippen LogP contribution in [0.15, 0.2) is 20.9 Å². The summed E-state index contributed by atoms with van der Waals surface area (Å²) >= 11 is 3.46. The van der Waals surface area contributed by atoms with Gasteiger partial charge in [-0.15, -0.1) is 11.3 Å². The van der Waals surface area contributed by atoms with Crippen molar-refractivity contribution in [2.75, 3.05) is 38.5 Å². The van der Waals surface area contributed by atoms with Gasteiger partial charge in [-0.25, -0.2) is 9.78 Å². The standard InChI is InChI=1S/C17H29N5O2S2/c1-3-18-15(19-8-5-12-25-16-20-9-13-26-16)21-14-6-10-22(11-7-14)17(23)24-4-2/h9,13-14H,3-8,10-12H2,1-2H3,(H2,18,19,21). The van der Waals surface area contributed by atoms with Crippen molar-refractivity contribution in [2.45, 2.75) is 43.5 Å². The lowest BCUT2D eigenvalue weighted by atomic mass is 10.1. The van der Waals surface area contributed by atoms with Crippen molar-refractivity contribution in [3.05, 3.63) is 11.6 Å². The first-order valence-corrected chi connectivity index (χ1v) is 11.1. The van der Waals surface area contributed by atoms with Crippen molar-refractivity contribution in [2.24, 2.45) is 4.99 Å². The Morgan fingerprint density at radius 1 is 1.46 bits per heavy atom. The molecule has 0 radical (unpaired) electrons. The number of hydrogen-bond donors (Lipinski definition) is 2. The fourth-order valence-corrected chi connectivity index (χ4v) is 4.26. The summed E-state index contributed by atoms with van der Waals surface area (Å²) in [7, 11) is 0. The molecule has 2 N–H and O–H groups in total. The second-order valence-corrected chi connectivity index (χ2v) is 8.10. The summed E-state index contributed by atoms with van der Waals surface area (Å²) in [5.41, 5.74) is 0. The molecule has 2 rings (SSSR count). The van der Waals surface area contributed by atoms with Crippen LogP contribution in [-0.2, 0) is 4.74 Å². The Morgan fingerprint density at radius 2 is 2.27 bits per heavy atom. The van der Waals surface area contributed by atoms with Crippen molar-refractivity contribution in [3.8, 4) is 0 Å². The van der Waals surface area contributed by atoms with Crippen LogP contribution in [0.4, 0.5) is 4.79 Å². The van der Waals surface area contributed by atoms with Crippen LogP contribution in [0.3, 0.4) is 0 Å². The average Bonchev–Trinajstić information content (AvgIpc) is 3.16. The molecule has 1 saturated heterocycles. The topological polar surface area (TPSA) is 78.9 Å². The first kappa shape index (κ1) is 20.8. The maximum absolute atomic E-state index is 11.8. The number of nitrogens with one attached hydrogen (secondary N) is 2. The number of thiazole rings is 1. The highest BCUT2D eigenvalue weighted by Gasteiger charge is 2.23. The van der Waals surface area contributed by atoms with E-state index in [2.05, 4.69) is 27.5 Å². The highest BCUT2D eigenvalue weighted by molar-refractivity contribution is 8.00. The number of carbonyl (C=O) groups excluding carboxylic acids is 1. The summed E-state index contributed by atoms with van der Waals surface area (Å²) in [4.78, 5) is 22.5. The Hall–Kier alpha value is -1.48. The van der Waals surface area contributed by atoms with Gasteiger partial charge in [0, 0.05) is 49.6 Å². The van der Waals surface area contributed by atoms with Gasteiger partial charge < -0.3 is 20.3 Å². The van der Waals surface area contributed by atoms with Gasteiger partial charge in [-0.1, -0.05) is 11.8 Å². The fraction of sp³-hybridized carbons (Fsp3) is 0.706. The number of nitrogens with zero attached hydrogens (tertiary/aromatic N) is 3. The van der Waals surface area contributed by atoms with Crippen LogP contribution in [0.1, 0.15) is 33.1 Å². The number of piperidine rings is 1. The fourth-order valence-electron chi connectivity index (χ4n) is 2.63. The zero-order valence-electron chi connectivity index (χ0n) is 15.6. The van der Waals surface area contributed by atoms with E-state index in [4.69, 9.17) is 4.74 Å². The molecule has 0 saturated carbocycles. The largest absolute Gasteiger partial charge is 0.450 e. The average molecular weight is 400 g/mol. The first-order valence-electron chi connectivity index (χ1n) is 9.21. The van der Waals surface area contributed by atoms with Crippen molar-refractivity contribution in [3.63, 3.8) is 0 Å². The smallest absolute Gasteiger partial charge is 0.409 e. The van der Waals surface area contributed by atoms with Crippen molar-refractivity contribution < 1.29 is 9.53 Å². The van der Waals surface area contributed by atoms with E-state index in [0.29, 0.717) is 12.6 Å². The second-order valence-electron chi connectivity index (χ2n) is 5.87. The van der Waals surface area contributed by atoms with E-state index in [1.165, 1.54) is 0 Å². The molecule has 1 amide bonds. The molecule has 2 heterocycles. The van der Waals surface area contributed by atoms with Crippen LogP contribution < -0.4 is 10.6 Å². The van der Waals surface area contributed by atoms with Gasteiger partial charge >= 0.3 is 6.09 Å². The zero-order chi connectivity index (χ0) is 18.6. The predicted molar refractivity (Wildman–Crippen MR) is 108 cm³/mol. The lowest BCUT2D eigenvalue weighted by Crippen LogP contribution is -2.49. The van der Waals surface area contributed by atoms with Gasteiger partial charge in [-0.2, -0.15) is 0 Å². The molecule has 1 aliphatic rings. The number of amides is 1. The van der Waals surface area contributed by atoms with Crippen LogP contribution in [0.5, 0.6) is 0 Å². The van der Waals surface area contributed by atoms with Crippen LogP contribution >= 0.6 is 23.1 Å². The molecule has 7 nitrogen and oxygen atoms in total. The highest BCUT2D eigenvalue weighted by atomic mass is 32.2. The summed E-state index contributed by atoms with van der Waals surface area (Å²) in [5, 5.41) is 8.80. The predicted octanol–water partition coefficient (Wildman–Crippen LogP) is 2.80. The molecular formula is C17H29N5O2S2. The molecule has 1 aromatic heterocycles. The van der Waals surface area contributed by atoms with Crippen LogP contribution in [-0.4, -0.2) is 66.5 Å². The van der Waals surface area contributed by atoms with Crippen LogP contribution in [0.25, 0.3) is 0 Å². The Balaban J connectivity index is 1.69. The van der Waals surface area contributed by atoms with Gasteiger partial charge in [-0.05, 0) is 33.1 Å². The molecule has 0 spiro atoms. The second kappa shape index (κ2) is 12.0. The normalized spacial score (nSPS) is 15.8. The third kappa shape index (κ3) is 7.41. The summed E-state index contributed by atoms with van der Waals surface area (Å²) in [6.45, 7) is 7.40. The number of carbonyl (C=O) groups is 1. The van der Waals surface area contributed by atoms with Gasteiger partial charge in [0.15, 0.2) is 5.96 Å². The maximum Gasteiger partial charge on any atom is 0.409 e. The SMILES string of the molecule is CCNC(=NCCCSc1nccs1)NC1CCN(C(=O)OCC)CC1. The Kier molecular flexibility index (Phi) is 9.62. The zero-order valence-corrected chi connectivity index (χ0v) is 17.2. The minimum atomic E-state index is -0.204. The highest BCUT2D eigenvalue weighted by Crippen LogP contribution is 2.20.